The molecule has 25 heavy (non-hydrogen) atoms. The smallest absolute Gasteiger partial charge is 0.329 e. The number of amides is 2. The van der Waals surface area contributed by atoms with E-state index in [-0.39, 0.29) is 12.3 Å². The van der Waals surface area contributed by atoms with Crippen molar-refractivity contribution in [3.05, 3.63) is 0 Å². The van der Waals surface area contributed by atoms with Gasteiger partial charge in [0.1, 0.15) is 5.54 Å². The summed E-state index contributed by atoms with van der Waals surface area (Å²) in [6, 6.07) is -0.670. The molecule has 9 heteroatoms. The van der Waals surface area contributed by atoms with Crippen LogP contribution in [0.1, 0.15) is 40.0 Å². The molecular formula is C16H27N3O6. The first kappa shape index (κ1) is 21.0. The van der Waals surface area contributed by atoms with Crippen molar-refractivity contribution in [2.75, 3.05) is 13.1 Å². The second-order valence-corrected chi connectivity index (χ2v) is 6.89. The minimum atomic E-state index is -1.99. The summed E-state index contributed by atoms with van der Waals surface area (Å²) in [6.45, 7) is 4.55. The third-order valence-corrected chi connectivity index (χ3v) is 4.70. The second-order valence-electron chi connectivity index (χ2n) is 6.89. The Morgan fingerprint density at radius 1 is 1.28 bits per heavy atom. The predicted octanol–water partition coefficient (Wildman–Crippen LogP) is -0.357. The van der Waals surface area contributed by atoms with Crippen LogP contribution in [0.4, 0.5) is 0 Å². The van der Waals surface area contributed by atoms with Gasteiger partial charge in [-0.1, -0.05) is 13.8 Å². The largest absolute Gasteiger partial charge is 0.481 e. The Balaban J connectivity index is 3.30. The van der Waals surface area contributed by atoms with Crippen molar-refractivity contribution in [1.82, 2.24) is 10.2 Å². The summed E-state index contributed by atoms with van der Waals surface area (Å²) in [6.07, 6.45) is 0.823. The maximum atomic E-state index is 12.8. The first-order chi connectivity index (χ1) is 11.6. The fourth-order valence-electron chi connectivity index (χ4n) is 3.09. The third kappa shape index (κ3) is 4.55. The summed E-state index contributed by atoms with van der Waals surface area (Å²) >= 11 is 0. The molecule has 0 spiro atoms. The van der Waals surface area contributed by atoms with Crippen LogP contribution in [-0.2, 0) is 19.2 Å². The Morgan fingerprint density at radius 2 is 1.88 bits per heavy atom. The summed E-state index contributed by atoms with van der Waals surface area (Å²) < 4.78 is 0. The highest BCUT2D eigenvalue weighted by Crippen LogP contribution is 2.30. The number of nitrogens with zero attached hydrogens (tertiary/aromatic N) is 1. The highest BCUT2D eigenvalue weighted by Gasteiger charge is 2.50. The van der Waals surface area contributed by atoms with Gasteiger partial charge < -0.3 is 21.3 Å². The van der Waals surface area contributed by atoms with Gasteiger partial charge in [0.15, 0.2) is 0 Å². The molecule has 5 N–H and O–H groups in total. The number of hydrogen-bond acceptors (Lipinski definition) is 6. The van der Waals surface area contributed by atoms with E-state index in [1.807, 2.05) is 0 Å². The van der Waals surface area contributed by atoms with Crippen molar-refractivity contribution in [3.8, 4) is 0 Å². The number of rotatable bonds is 8. The van der Waals surface area contributed by atoms with Crippen LogP contribution >= 0.6 is 0 Å². The molecule has 1 aliphatic heterocycles. The lowest BCUT2D eigenvalue weighted by Gasteiger charge is -2.39. The maximum absolute atomic E-state index is 12.8. The fourth-order valence-corrected chi connectivity index (χ4v) is 3.09. The molecule has 1 aliphatic rings. The van der Waals surface area contributed by atoms with Gasteiger partial charge in [-0.3, -0.25) is 19.3 Å². The standard InChI is InChI=1S/C16H27N3O6/c1-9(2)10(14(22)23)7-16(3,15(24)25)19(12(20)8-17)13(21)11-5-4-6-18-11/h9-11,18H,4-8,17H2,1-3H3,(H,22,23)(H,24,25)/t10?,11-,16-/m0/s1. The van der Waals surface area contributed by atoms with E-state index in [1.54, 1.807) is 13.8 Å². The lowest BCUT2D eigenvalue weighted by atomic mass is 9.81. The summed E-state index contributed by atoms with van der Waals surface area (Å²) in [5.41, 5.74) is 3.39. The molecule has 0 aromatic carbocycles. The molecule has 0 aromatic heterocycles. The van der Waals surface area contributed by atoms with Gasteiger partial charge in [-0.05, 0) is 38.6 Å². The molecule has 0 saturated carbocycles. The minimum absolute atomic E-state index is 0.370. The number of carbonyl (C=O) groups excluding carboxylic acids is 2. The molecule has 2 amide bonds. The lowest BCUT2D eigenvalue weighted by molar-refractivity contribution is -0.169. The maximum Gasteiger partial charge on any atom is 0.329 e. The Kier molecular flexibility index (Phi) is 7.06. The van der Waals surface area contributed by atoms with Gasteiger partial charge in [0.05, 0.1) is 18.5 Å². The molecule has 0 aliphatic carbocycles. The Labute approximate surface area is 146 Å². The number of carboxylic acids is 2. The molecule has 0 aromatic rings. The van der Waals surface area contributed by atoms with Crippen molar-refractivity contribution < 1.29 is 29.4 Å². The zero-order chi connectivity index (χ0) is 19.4. The van der Waals surface area contributed by atoms with Gasteiger partial charge in [0.2, 0.25) is 11.8 Å². The number of carboxylic acid groups (broad SMARTS) is 2. The molecule has 1 heterocycles. The average molecular weight is 357 g/mol. The van der Waals surface area contributed by atoms with Crippen LogP contribution in [0.2, 0.25) is 0 Å². The van der Waals surface area contributed by atoms with Crippen molar-refractivity contribution in [2.24, 2.45) is 17.6 Å². The van der Waals surface area contributed by atoms with Crippen molar-refractivity contribution in [1.29, 1.82) is 0 Å². The number of nitrogens with two attached hydrogens (primary N) is 1. The molecule has 1 fully saturated rings. The van der Waals surface area contributed by atoms with Gasteiger partial charge in [0, 0.05) is 0 Å². The fraction of sp³-hybridized carbons (Fsp3) is 0.750. The quantitative estimate of drug-likeness (QED) is 0.460. The minimum Gasteiger partial charge on any atom is -0.481 e. The van der Waals surface area contributed by atoms with E-state index in [2.05, 4.69) is 5.32 Å². The van der Waals surface area contributed by atoms with Crippen LogP contribution in [0.5, 0.6) is 0 Å². The third-order valence-electron chi connectivity index (χ3n) is 4.70. The first-order valence-corrected chi connectivity index (χ1v) is 8.32. The average Bonchev–Trinajstić information content (AvgIpc) is 3.06. The summed E-state index contributed by atoms with van der Waals surface area (Å²) in [5.74, 6) is -5.52. The van der Waals surface area contributed by atoms with Gasteiger partial charge in [0.25, 0.3) is 0 Å². The van der Waals surface area contributed by atoms with Crippen LogP contribution in [0, 0.1) is 11.8 Å². The summed E-state index contributed by atoms with van der Waals surface area (Å²) in [7, 11) is 0. The van der Waals surface area contributed by atoms with E-state index >= 15 is 0 Å². The highest BCUT2D eigenvalue weighted by molar-refractivity contribution is 6.03. The number of nitrogens with one attached hydrogen (secondary N) is 1. The molecule has 9 nitrogen and oxygen atoms in total. The second kappa shape index (κ2) is 8.39. The van der Waals surface area contributed by atoms with Gasteiger partial charge in [-0.2, -0.15) is 0 Å². The number of carbonyl (C=O) groups is 4. The van der Waals surface area contributed by atoms with E-state index in [1.165, 1.54) is 6.92 Å². The molecular weight excluding hydrogens is 330 g/mol. The van der Waals surface area contributed by atoms with Gasteiger partial charge in [-0.15, -0.1) is 0 Å². The van der Waals surface area contributed by atoms with Crippen LogP contribution in [0.25, 0.3) is 0 Å². The Bertz CT molecular complexity index is 544. The SMILES string of the molecule is CC(C)C(C[C@@](C)(C(=O)O)N(C(=O)CN)C(=O)[C@@H]1CCCN1)C(=O)O. The lowest BCUT2D eigenvalue weighted by Crippen LogP contribution is -2.63. The number of imide groups is 1. The molecule has 3 atom stereocenters. The molecule has 142 valence electrons. The summed E-state index contributed by atoms with van der Waals surface area (Å²) in [4.78, 5) is 49.3. The van der Waals surface area contributed by atoms with Crippen LogP contribution < -0.4 is 11.1 Å². The molecule has 1 rings (SSSR count). The first-order valence-electron chi connectivity index (χ1n) is 8.32. The van der Waals surface area contributed by atoms with Crippen molar-refractivity contribution in [3.63, 3.8) is 0 Å². The van der Waals surface area contributed by atoms with Crippen LogP contribution in [0.15, 0.2) is 0 Å². The summed E-state index contributed by atoms with van der Waals surface area (Å²) in [5, 5.41) is 22.1. The van der Waals surface area contributed by atoms with E-state index in [9.17, 15) is 29.4 Å². The van der Waals surface area contributed by atoms with E-state index in [0.717, 1.165) is 6.42 Å². The van der Waals surface area contributed by atoms with Gasteiger partial charge >= 0.3 is 11.9 Å². The Morgan fingerprint density at radius 3 is 2.24 bits per heavy atom. The Hall–Kier alpha value is -2.00. The molecule has 1 unspecified atom stereocenters. The monoisotopic (exact) mass is 357 g/mol. The highest BCUT2D eigenvalue weighted by atomic mass is 16.4. The van der Waals surface area contributed by atoms with Crippen molar-refractivity contribution >= 4 is 23.8 Å². The molecule has 1 saturated heterocycles. The van der Waals surface area contributed by atoms with Gasteiger partial charge in [-0.25, -0.2) is 4.79 Å². The number of aliphatic carboxylic acids is 2. The number of hydrogen-bond donors (Lipinski definition) is 4. The molecule has 0 bridgehead atoms. The van der Waals surface area contributed by atoms with Crippen LogP contribution in [0.3, 0.4) is 0 Å². The van der Waals surface area contributed by atoms with E-state index < -0.39 is 47.8 Å². The van der Waals surface area contributed by atoms with Crippen LogP contribution in [-0.4, -0.2) is 63.5 Å². The normalized spacial score (nSPS) is 20.8. The topological polar surface area (TPSA) is 150 Å². The zero-order valence-electron chi connectivity index (χ0n) is 14.8. The predicted molar refractivity (Wildman–Crippen MR) is 88.6 cm³/mol. The van der Waals surface area contributed by atoms with Crippen molar-refractivity contribution in [2.45, 2.75) is 51.6 Å². The van der Waals surface area contributed by atoms with E-state index in [4.69, 9.17) is 5.73 Å². The zero-order valence-corrected chi connectivity index (χ0v) is 14.8. The molecule has 0 radical (unpaired) electrons. The van der Waals surface area contributed by atoms with E-state index in [0.29, 0.717) is 17.9 Å².